The largest absolute Gasteiger partial charge is 0.391 e. The van der Waals surface area contributed by atoms with Crippen molar-refractivity contribution in [2.24, 2.45) is 10.4 Å². The Hall–Kier alpha value is -7.11. The Labute approximate surface area is 465 Å². The maximum atomic E-state index is 15.0. The predicted molar refractivity (Wildman–Crippen MR) is 297 cm³/mol. The Morgan fingerprint density at radius 2 is 1.56 bits per heavy atom. The van der Waals surface area contributed by atoms with Gasteiger partial charge in [-0.15, -0.1) is 11.3 Å². The van der Waals surface area contributed by atoms with Crippen LogP contribution in [0, 0.1) is 24.0 Å². The minimum atomic E-state index is -0.951. The number of thiazole rings is 1. The number of aryl methyl sites for hydroxylation is 1. The smallest absolute Gasteiger partial charge is 0.251 e. The number of aromatic nitrogens is 3. The number of benzene rings is 4. The molecular formula is C57H63ClF2N10O8S. The molecule has 79 heavy (non-hydrogen) atoms. The van der Waals surface area contributed by atoms with Crippen LogP contribution in [-0.2, 0) is 41.7 Å². The van der Waals surface area contributed by atoms with Gasteiger partial charge in [-0.3, -0.25) is 24.2 Å². The number of hydrogen-bond acceptors (Lipinski definition) is 15. The zero-order valence-electron chi connectivity index (χ0n) is 44.2. The van der Waals surface area contributed by atoms with Gasteiger partial charge < -0.3 is 50.8 Å². The highest BCUT2D eigenvalue weighted by atomic mass is 35.5. The highest BCUT2D eigenvalue weighted by Gasteiger charge is 2.44. The van der Waals surface area contributed by atoms with E-state index in [1.165, 1.54) is 23.1 Å². The van der Waals surface area contributed by atoms with Crippen LogP contribution in [-0.4, -0.2) is 138 Å². The number of nitrogens with one attached hydrogen (secondary N) is 5. The Balaban J connectivity index is 0.672. The number of carbonyl (C=O) groups is 4. The topological polar surface area (TPSA) is 231 Å². The van der Waals surface area contributed by atoms with Crippen LogP contribution >= 0.6 is 22.9 Å². The van der Waals surface area contributed by atoms with Crippen LogP contribution < -0.4 is 26.6 Å². The van der Waals surface area contributed by atoms with Gasteiger partial charge in [-0.2, -0.15) is 0 Å². The number of hydrogen-bond donors (Lipinski definition) is 6. The first-order chi connectivity index (χ1) is 38.0. The Kier molecular flexibility index (Phi) is 20.0. The summed E-state index contributed by atoms with van der Waals surface area (Å²) in [5.74, 6) is -2.72. The SMILES string of the molecule is Cc1ncsc1-c1ccc(CNC(=O)[C@@H]2C[C@@H](O)CN2C(=O)[C@@H](NC(=O)CNCCOCCOCCOCCNC(=O)c2ccc(Nc3ncc4c(n3)-c3ccc(Cl)cc3C(c3c(F)cccc3F)=NC4)cc2)C(C)(C)C)cc1. The van der Waals surface area contributed by atoms with Crippen LogP contribution in [0.4, 0.5) is 20.4 Å². The first-order valence-corrected chi connectivity index (χ1v) is 27.1. The lowest BCUT2D eigenvalue weighted by atomic mass is 9.85. The molecule has 4 amide bonds. The number of carbonyl (C=O) groups excluding carboxylic acids is 4. The van der Waals surface area contributed by atoms with E-state index in [-0.39, 0.29) is 74.8 Å². The molecular weight excluding hydrogens is 1060 g/mol. The van der Waals surface area contributed by atoms with E-state index < -0.39 is 47.1 Å². The van der Waals surface area contributed by atoms with Crippen LogP contribution in [0.2, 0.25) is 5.02 Å². The molecule has 22 heteroatoms. The third-order valence-electron chi connectivity index (χ3n) is 13.1. The number of amides is 4. The van der Waals surface area contributed by atoms with Gasteiger partial charge in [-0.1, -0.05) is 68.8 Å². The molecule has 4 heterocycles. The molecule has 2 aliphatic rings. The quantitative estimate of drug-likeness (QED) is 0.0344. The van der Waals surface area contributed by atoms with Crippen molar-refractivity contribution in [3.63, 3.8) is 0 Å². The summed E-state index contributed by atoms with van der Waals surface area (Å²) in [6, 6.07) is 21.5. The zero-order chi connectivity index (χ0) is 56.1. The molecule has 0 unspecified atom stereocenters. The third-order valence-corrected chi connectivity index (χ3v) is 14.3. The number of aliphatic hydroxyl groups excluding tert-OH is 1. The fraction of sp³-hybridized carbons (Fsp3) is 0.368. The molecule has 18 nitrogen and oxygen atoms in total. The minimum absolute atomic E-state index is 0.0207. The van der Waals surface area contributed by atoms with E-state index in [4.69, 9.17) is 30.8 Å². The molecule has 4 aromatic carbocycles. The maximum Gasteiger partial charge on any atom is 0.251 e. The second-order valence-corrected chi connectivity index (χ2v) is 21.2. The summed E-state index contributed by atoms with van der Waals surface area (Å²) >= 11 is 7.92. The van der Waals surface area contributed by atoms with Crippen LogP contribution in [0.1, 0.15) is 65.5 Å². The van der Waals surface area contributed by atoms with Gasteiger partial charge in [0.25, 0.3) is 5.91 Å². The van der Waals surface area contributed by atoms with Crippen molar-refractivity contribution in [3.05, 3.63) is 147 Å². The van der Waals surface area contributed by atoms with E-state index in [1.54, 1.807) is 65.5 Å². The number of aliphatic imine (C=N–C) groups is 1. The number of β-amino-alcohol motifs (C(OH)–C–C–N with tert-alkyl or cyclic N) is 1. The van der Waals surface area contributed by atoms with Crippen molar-refractivity contribution in [3.8, 4) is 21.7 Å². The average Bonchev–Trinajstić information content (AvgIpc) is 4.13. The Bertz CT molecular complexity index is 3120. The zero-order valence-corrected chi connectivity index (χ0v) is 45.8. The van der Waals surface area contributed by atoms with Crippen LogP contribution in [0.25, 0.3) is 21.7 Å². The number of nitrogens with zero attached hydrogens (tertiary/aromatic N) is 5. The molecule has 2 aliphatic heterocycles. The van der Waals surface area contributed by atoms with Crippen LogP contribution in [0.3, 0.4) is 0 Å². The number of fused-ring (bicyclic) bond motifs is 3. The summed E-state index contributed by atoms with van der Waals surface area (Å²) in [5, 5.41) is 25.7. The number of likely N-dealkylation sites (tertiary alicyclic amines) is 1. The summed E-state index contributed by atoms with van der Waals surface area (Å²) in [6.07, 6.45) is 0.824. The second kappa shape index (κ2) is 27.2. The minimum Gasteiger partial charge on any atom is -0.391 e. The van der Waals surface area contributed by atoms with Crippen molar-refractivity contribution in [1.29, 1.82) is 0 Å². The molecule has 1 saturated heterocycles. The average molecular weight is 1120 g/mol. The monoisotopic (exact) mass is 1120 g/mol. The first-order valence-electron chi connectivity index (χ1n) is 25.8. The van der Waals surface area contributed by atoms with Gasteiger partial charge in [0.15, 0.2) is 0 Å². The number of rotatable bonds is 24. The molecule has 6 aromatic rings. The van der Waals surface area contributed by atoms with Gasteiger partial charge in [0.1, 0.15) is 23.7 Å². The van der Waals surface area contributed by atoms with Gasteiger partial charge in [-0.25, -0.2) is 23.7 Å². The van der Waals surface area contributed by atoms with Crippen LogP contribution in [0.5, 0.6) is 0 Å². The number of halogens is 3. The highest BCUT2D eigenvalue weighted by molar-refractivity contribution is 7.13. The van der Waals surface area contributed by atoms with Crippen molar-refractivity contribution in [1.82, 2.24) is 41.1 Å². The molecule has 0 spiro atoms. The van der Waals surface area contributed by atoms with Gasteiger partial charge >= 0.3 is 0 Å². The highest BCUT2D eigenvalue weighted by Crippen LogP contribution is 2.35. The van der Waals surface area contributed by atoms with Crippen molar-refractivity contribution in [2.75, 3.05) is 71.1 Å². The maximum absolute atomic E-state index is 15.0. The van der Waals surface area contributed by atoms with Gasteiger partial charge in [0.2, 0.25) is 23.7 Å². The molecule has 2 aromatic heterocycles. The molecule has 0 radical (unpaired) electrons. The normalized spacial score (nSPS) is 15.3. The van der Waals surface area contributed by atoms with Gasteiger partial charge in [-0.05, 0) is 72.0 Å². The summed E-state index contributed by atoms with van der Waals surface area (Å²) in [7, 11) is 0. The second-order valence-electron chi connectivity index (χ2n) is 19.9. The van der Waals surface area contributed by atoms with Crippen molar-refractivity contribution < 1.29 is 47.3 Å². The summed E-state index contributed by atoms with van der Waals surface area (Å²) in [5.41, 5.74) is 7.13. The fourth-order valence-corrected chi connectivity index (χ4v) is 9.96. The Morgan fingerprint density at radius 1 is 0.861 bits per heavy atom. The fourth-order valence-electron chi connectivity index (χ4n) is 8.98. The van der Waals surface area contributed by atoms with E-state index in [0.29, 0.717) is 78.2 Å². The van der Waals surface area contributed by atoms with Gasteiger partial charge in [0, 0.05) is 71.8 Å². The number of anilines is 2. The van der Waals surface area contributed by atoms with Crippen LogP contribution in [0.15, 0.2) is 102 Å². The lowest BCUT2D eigenvalue weighted by Gasteiger charge is -2.35. The Morgan fingerprint density at radius 3 is 2.24 bits per heavy atom. The summed E-state index contributed by atoms with van der Waals surface area (Å²) in [4.78, 5) is 73.8. The molecule has 3 atom stereocenters. The van der Waals surface area contributed by atoms with E-state index in [2.05, 4.69) is 41.5 Å². The lowest BCUT2D eigenvalue weighted by molar-refractivity contribution is -0.144. The van der Waals surface area contributed by atoms with E-state index in [1.807, 2.05) is 52.0 Å². The summed E-state index contributed by atoms with van der Waals surface area (Å²) < 4.78 is 46.7. The van der Waals surface area contributed by atoms with E-state index in [0.717, 1.165) is 21.7 Å². The lowest BCUT2D eigenvalue weighted by Crippen LogP contribution is -2.58. The van der Waals surface area contributed by atoms with E-state index in [9.17, 15) is 33.1 Å². The first kappa shape index (κ1) is 58.0. The van der Waals surface area contributed by atoms with Crippen molar-refractivity contribution in [2.45, 2.75) is 65.4 Å². The molecule has 1 fully saturated rings. The van der Waals surface area contributed by atoms with Crippen molar-refractivity contribution >= 4 is 63.9 Å². The third kappa shape index (κ3) is 15.4. The van der Waals surface area contributed by atoms with Gasteiger partial charge in [0.05, 0.1) is 91.9 Å². The summed E-state index contributed by atoms with van der Waals surface area (Å²) in [6.45, 7) is 10.2. The number of ether oxygens (including phenoxy) is 3. The molecule has 416 valence electrons. The number of aliphatic hydroxyl groups is 1. The molecule has 6 N–H and O–H groups in total. The predicted octanol–water partition coefficient (Wildman–Crippen LogP) is 6.78. The van der Waals surface area contributed by atoms with E-state index >= 15 is 0 Å². The standard InChI is InChI=1S/C57H63ClF2N10O8S/c1-34-51(79-33-66-34)36-10-8-35(9-11-36)28-64-54(74)46-27-41(71)32-70(46)55(75)52(57(2,3)4)68-47(72)31-61-18-20-76-22-24-78-25-23-77-21-19-62-53(73)37-12-15-40(16-13-37)67-56-65-30-38-29-63-50(48-44(59)6-5-7-45(48)60)43-26-39(58)14-17-42(43)49(38)69-56/h5-17,26,30,33,41,46,52,61,71H,18-25,27-29,31-32H2,1-4H3,(H,62,73)(H,64,74)(H,68,72)(H,65,67,69)/t41-,46+,52-/m1/s1. The molecule has 0 saturated carbocycles. The molecule has 0 bridgehead atoms. The molecule has 8 rings (SSSR count). The molecule has 0 aliphatic carbocycles.